The van der Waals surface area contributed by atoms with Gasteiger partial charge in [0.1, 0.15) is 11.5 Å². The van der Waals surface area contributed by atoms with Crippen molar-refractivity contribution in [1.82, 2.24) is 35.3 Å². The van der Waals surface area contributed by atoms with Crippen LogP contribution in [0.4, 0.5) is 5.82 Å². The van der Waals surface area contributed by atoms with E-state index < -0.39 is 0 Å². The maximum atomic E-state index is 4.96. The molecule has 0 bridgehead atoms. The molecular weight excluding hydrogens is 376 g/mol. The molecular formula is C22H26N8. The molecule has 1 aliphatic heterocycles. The molecule has 1 atom stereocenters. The van der Waals surface area contributed by atoms with Gasteiger partial charge in [-0.3, -0.25) is 14.8 Å². The van der Waals surface area contributed by atoms with Crippen molar-refractivity contribution in [2.24, 2.45) is 0 Å². The third-order valence-corrected chi connectivity index (χ3v) is 5.83. The summed E-state index contributed by atoms with van der Waals surface area (Å²) in [6.45, 7) is 4.91. The first-order valence-corrected chi connectivity index (χ1v) is 10.5. The van der Waals surface area contributed by atoms with Crippen molar-refractivity contribution in [2.45, 2.75) is 32.4 Å². The van der Waals surface area contributed by atoms with Gasteiger partial charge in [-0.2, -0.15) is 10.2 Å². The van der Waals surface area contributed by atoms with E-state index in [1.54, 1.807) is 0 Å². The molecule has 0 radical (unpaired) electrons. The van der Waals surface area contributed by atoms with Crippen molar-refractivity contribution in [2.75, 3.05) is 25.0 Å². The lowest BCUT2D eigenvalue weighted by atomic mass is 10.1. The molecule has 0 amide bonds. The van der Waals surface area contributed by atoms with Gasteiger partial charge in [-0.15, -0.1) is 0 Å². The van der Waals surface area contributed by atoms with Gasteiger partial charge in [0.2, 0.25) is 0 Å². The fraction of sp³-hybridized carbons (Fsp3) is 0.364. The highest BCUT2D eigenvalue weighted by Crippen LogP contribution is 2.29. The third kappa shape index (κ3) is 3.43. The van der Waals surface area contributed by atoms with Crippen LogP contribution in [0.3, 0.4) is 0 Å². The first kappa shape index (κ1) is 18.7. The number of hydrogen-bond acceptors (Lipinski definition) is 6. The van der Waals surface area contributed by atoms with Crippen molar-refractivity contribution in [3.8, 4) is 22.6 Å². The average Bonchev–Trinajstić information content (AvgIpc) is 3.46. The lowest BCUT2D eigenvalue weighted by Crippen LogP contribution is -2.44. The number of H-pyrrole nitrogens is 1. The summed E-state index contributed by atoms with van der Waals surface area (Å²) in [5.74, 6) is 1.00. The zero-order chi connectivity index (χ0) is 20.5. The predicted molar refractivity (Wildman–Crippen MR) is 118 cm³/mol. The topological polar surface area (TPSA) is 87.5 Å². The molecule has 30 heavy (non-hydrogen) atoms. The number of hydrogen-bond donors (Lipinski definition) is 2. The highest BCUT2D eigenvalue weighted by atomic mass is 15.3. The van der Waals surface area contributed by atoms with Gasteiger partial charge in [0, 0.05) is 42.8 Å². The van der Waals surface area contributed by atoms with E-state index in [-0.39, 0.29) is 0 Å². The van der Waals surface area contributed by atoms with Gasteiger partial charge in [-0.1, -0.05) is 6.07 Å². The Hall–Kier alpha value is -3.26. The van der Waals surface area contributed by atoms with Crippen LogP contribution in [0, 0.1) is 0 Å². The van der Waals surface area contributed by atoms with Crippen LogP contribution in [0.5, 0.6) is 0 Å². The molecule has 8 heteroatoms. The summed E-state index contributed by atoms with van der Waals surface area (Å²) >= 11 is 0. The van der Waals surface area contributed by atoms with Gasteiger partial charge in [0.05, 0.1) is 29.3 Å². The Kier molecular flexibility index (Phi) is 4.92. The van der Waals surface area contributed by atoms with Crippen LogP contribution in [0.15, 0.2) is 42.9 Å². The zero-order valence-corrected chi connectivity index (χ0v) is 17.3. The second-order valence-corrected chi connectivity index (χ2v) is 7.73. The van der Waals surface area contributed by atoms with E-state index in [2.05, 4.69) is 55.6 Å². The molecule has 0 aliphatic carbocycles. The van der Waals surface area contributed by atoms with Crippen LogP contribution in [-0.4, -0.2) is 56.1 Å². The fourth-order valence-corrected chi connectivity index (χ4v) is 4.09. The van der Waals surface area contributed by atoms with Crippen molar-refractivity contribution >= 4 is 16.7 Å². The summed E-state index contributed by atoms with van der Waals surface area (Å²) in [5, 5.41) is 16.4. The number of aromatic nitrogens is 6. The van der Waals surface area contributed by atoms with E-state index in [9.17, 15) is 0 Å². The Morgan fingerprint density at radius 1 is 1.23 bits per heavy atom. The van der Waals surface area contributed by atoms with Crippen LogP contribution < -0.4 is 10.2 Å². The van der Waals surface area contributed by atoms with Gasteiger partial charge < -0.3 is 10.2 Å². The van der Waals surface area contributed by atoms with Crippen LogP contribution in [-0.2, 0) is 6.54 Å². The molecule has 4 aromatic rings. The number of piperidine rings is 1. The molecule has 2 N–H and O–H groups in total. The van der Waals surface area contributed by atoms with Gasteiger partial charge in [0.25, 0.3) is 0 Å². The number of likely N-dealkylation sites (N-methyl/N-ethyl adjacent to an activating group) is 1. The Morgan fingerprint density at radius 3 is 3.00 bits per heavy atom. The molecule has 8 nitrogen and oxygen atoms in total. The first-order chi connectivity index (χ1) is 14.7. The number of pyridine rings is 2. The lowest BCUT2D eigenvalue weighted by Gasteiger charge is -2.33. The maximum Gasteiger partial charge on any atom is 0.129 e. The maximum absolute atomic E-state index is 4.96. The third-order valence-electron chi connectivity index (χ3n) is 5.83. The molecule has 154 valence electrons. The van der Waals surface area contributed by atoms with E-state index in [1.807, 2.05) is 36.4 Å². The van der Waals surface area contributed by atoms with Crippen molar-refractivity contribution in [3.63, 3.8) is 0 Å². The molecule has 1 aliphatic rings. The molecule has 4 aromatic heterocycles. The molecule has 5 rings (SSSR count). The molecule has 0 spiro atoms. The van der Waals surface area contributed by atoms with Crippen LogP contribution in [0.1, 0.15) is 19.8 Å². The van der Waals surface area contributed by atoms with Gasteiger partial charge >= 0.3 is 0 Å². The van der Waals surface area contributed by atoms with E-state index in [0.717, 1.165) is 59.0 Å². The minimum absolute atomic E-state index is 0.507. The highest BCUT2D eigenvalue weighted by molar-refractivity contribution is 5.93. The smallest absolute Gasteiger partial charge is 0.129 e. The molecule has 1 fully saturated rings. The van der Waals surface area contributed by atoms with Gasteiger partial charge in [-0.25, -0.2) is 4.98 Å². The predicted octanol–water partition coefficient (Wildman–Crippen LogP) is 3.09. The molecule has 1 unspecified atom stereocenters. The van der Waals surface area contributed by atoms with Crippen molar-refractivity contribution in [3.05, 3.63) is 42.9 Å². The van der Waals surface area contributed by atoms with Gasteiger partial charge in [-0.05, 0) is 45.0 Å². The number of aromatic amines is 1. The molecule has 1 saturated heterocycles. The Balaban J connectivity index is 1.51. The summed E-state index contributed by atoms with van der Waals surface area (Å²) in [4.78, 5) is 11.9. The number of nitrogens with one attached hydrogen (secondary N) is 2. The Morgan fingerprint density at radius 2 is 2.17 bits per heavy atom. The number of anilines is 1. The largest absolute Gasteiger partial charge is 0.355 e. The normalized spacial score (nSPS) is 17.0. The standard InChI is InChI=1S/C22H26N8/c1-3-30-13-15(11-25-30)19-10-17-20(12-24-19)27-28-22(17)18-7-4-8-21(26-18)29-9-5-6-16(14-29)23-2/h4,7-8,10-13,16,23H,3,5-6,9,14H2,1-2H3,(H,27,28). The minimum atomic E-state index is 0.507. The molecule has 0 saturated carbocycles. The minimum Gasteiger partial charge on any atom is -0.355 e. The van der Waals surface area contributed by atoms with E-state index in [1.165, 1.54) is 12.8 Å². The van der Waals surface area contributed by atoms with Crippen molar-refractivity contribution < 1.29 is 0 Å². The number of fused-ring (bicyclic) bond motifs is 1. The average molecular weight is 403 g/mol. The monoisotopic (exact) mass is 402 g/mol. The summed E-state index contributed by atoms with van der Waals surface area (Å²) in [6.07, 6.45) is 8.08. The quantitative estimate of drug-likeness (QED) is 0.533. The van der Waals surface area contributed by atoms with Crippen LogP contribution >= 0.6 is 0 Å². The summed E-state index contributed by atoms with van der Waals surface area (Å²) in [5.41, 5.74) is 4.50. The number of rotatable bonds is 5. The second kappa shape index (κ2) is 7.87. The molecule has 0 aromatic carbocycles. The summed E-state index contributed by atoms with van der Waals surface area (Å²) < 4.78 is 1.90. The fourth-order valence-electron chi connectivity index (χ4n) is 4.09. The van der Waals surface area contributed by atoms with Crippen LogP contribution in [0.25, 0.3) is 33.5 Å². The Labute approximate surface area is 175 Å². The number of aryl methyl sites for hydroxylation is 1. The molecule has 5 heterocycles. The van der Waals surface area contributed by atoms with Crippen LogP contribution in [0.2, 0.25) is 0 Å². The van der Waals surface area contributed by atoms with Crippen molar-refractivity contribution in [1.29, 1.82) is 0 Å². The zero-order valence-electron chi connectivity index (χ0n) is 17.3. The van der Waals surface area contributed by atoms with E-state index >= 15 is 0 Å². The van der Waals surface area contributed by atoms with E-state index in [4.69, 9.17) is 4.98 Å². The Bertz CT molecular complexity index is 1160. The second-order valence-electron chi connectivity index (χ2n) is 7.73. The SMILES string of the molecule is CCn1cc(-c2cc3c(-c4cccc(N5CCCC(NC)C5)n4)n[nH]c3cn2)cn1. The highest BCUT2D eigenvalue weighted by Gasteiger charge is 2.20. The lowest BCUT2D eigenvalue weighted by molar-refractivity contribution is 0.448. The first-order valence-electron chi connectivity index (χ1n) is 10.5. The summed E-state index contributed by atoms with van der Waals surface area (Å²) in [6, 6.07) is 8.75. The van der Waals surface area contributed by atoms with Gasteiger partial charge in [0.15, 0.2) is 0 Å². The van der Waals surface area contributed by atoms with E-state index in [0.29, 0.717) is 6.04 Å². The number of nitrogens with zero attached hydrogens (tertiary/aromatic N) is 6. The summed E-state index contributed by atoms with van der Waals surface area (Å²) in [7, 11) is 2.03.